The molecular formula is C14H10BrClF2S. The van der Waals surface area contributed by atoms with E-state index in [0.29, 0.717) is 5.56 Å². The van der Waals surface area contributed by atoms with Gasteiger partial charge in [0.25, 0.3) is 0 Å². The molecule has 19 heavy (non-hydrogen) atoms. The van der Waals surface area contributed by atoms with Crippen LogP contribution in [0.2, 0.25) is 5.02 Å². The quantitative estimate of drug-likeness (QED) is 0.376. The molecule has 0 aliphatic rings. The fourth-order valence-corrected chi connectivity index (χ4v) is 3.17. The van der Waals surface area contributed by atoms with Crippen LogP contribution in [0.25, 0.3) is 0 Å². The van der Waals surface area contributed by atoms with E-state index < -0.39 is 11.6 Å². The second-order valence-corrected chi connectivity index (χ2v) is 6.13. The second kappa shape index (κ2) is 6.25. The Morgan fingerprint density at radius 3 is 2.26 bits per heavy atom. The Balaban J connectivity index is 2.37. The first-order valence-corrected chi connectivity index (χ1v) is 7.97. The molecule has 1 unspecified atom stereocenters. The molecule has 2 aromatic carbocycles. The molecule has 0 bridgehead atoms. The Labute approximate surface area is 128 Å². The molecule has 0 spiro atoms. The van der Waals surface area contributed by atoms with Crippen molar-refractivity contribution in [1.29, 1.82) is 0 Å². The van der Waals surface area contributed by atoms with Crippen molar-refractivity contribution in [3.63, 3.8) is 0 Å². The molecule has 0 aliphatic heterocycles. The van der Waals surface area contributed by atoms with Crippen LogP contribution in [-0.4, -0.2) is 6.26 Å². The monoisotopic (exact) mass is 362 g/mol. The number of rotatable bonds is 3. The first kappa shape index (κ1) is 14.8. The van der Waals surface area contributed by atoms with E-state index in [9.17, 15) is 8.78 Å². The molecule has 0 saturated heterocycles. The molecule has 2 aromatic rings. The summed E-state index contributed by atoms with van der Waals surface area (Å²) in [5.74, 6) is -1.84. The third kappa shape index (κ3) is 3.30. The van der Waals surface area contributed by atoms with Gasteiger partial charge in [0.1, 0.15) is 0 Å². The molecule has 0 radical (unpaired) electrons. The number of hydrogen-bond donors (Lipinski definition) is 0. The van der Waals surface area contributed by atoms with Crippen molar-refractivity contribution >= 4 is 39.3 Å². The van der Waals surface area contributed by atoms with E-state index in [4.69, 9.17) is 11.6 Å². The Kier molecular flexibility index (Phi) is 4.87. The summed E-state index contributed by atoms with van der Waals surface area (Å²) in [5.41, 5.74) is 1.45. The minimum Gasteiger partial charge on any atom is -0.204 e. The molecule has 100 valence electrons. The van der Waals surface area contributed by atoms with Crippen molar-refractivity contribution in [2.24, 2.45) is 0 Å². The van der Waals surface area contributed by atoms with E-state index in [1.54, 1.807) is 11.8 Å². The molecule has 0 amide bonds. The lowest BCUT2D eigenvalue weighted by molar-refractivity contribution is 0.507. The summed E-state index contributed by atoms with van der Waals surface area (Å²) in [5, 5.41) is 0.203. The molecule has 0 heterocycles. The van der Waals surface area contributed by atoms with Crippen LogP contribution >= 0.6 is 39.3 Å². The van der Waals surface area contributed by atoms with Crippen LogP contribution in [-0.2, 0) is 0 Å². The lowest BCUT2D eigenvalue weighted by Gasteiger charge is -2.13. The van der Waals surface area contributed by atoms with Crippen LogP contribution < -0.4 is 0 Å². The van der Waals surface area contributed by atoms with Crippen molar-refractivity contribution in [1.82, 2.24) is 0 Å². The Morgan fingerprint density at radius 1 is 1.11 bits per heavy atom. The van der Waals surface area contributed by atoms with Crippen LogP contribution in [0.4, 0.5) is 8.78 Å². The largest absolute Gasteiger partial charge is 0.204 e. The van der Waals surface area contributed by atoms with E-state index in [1.807, 2.05) is 30.5 Å². The number of halogens is 4. The third-order valence-electron chi connectivity index (χ3n) is 2.72. The van der Waals surface area contributed by atoms with Gasteiger partial charge in [0.15, 0.2) is 11.6 Å². The standard InChI is InChI=1S/C14H10BrClF2S/c1-19-9-4-2-8(3-5-9)14(15)10-6-12(17)13(18)7-11(10)16/h2-7,14H,1H3. The maximum absolute atomic E-state index is 13.3. The second-order valence-electron chi connectivity index (χ2n) is 3.92. The highest BCUT2D eigenvalue weighted by Crippen LogP contribution is 2.36. The molecule has 0 fully saturated rings. The van der Waals surface area contributed by atoms with Crippen molar-refractivity contribution in [2.45, 2.75) is 9.72 Å². The van der Waals surface area contributed by atoms with Crippen molar-refractivity contribution in [3.05, 3.63) is 64.2 Å². The lowest BCUT2D eigenvalue weighted by Crippen LogP contribution is -1.97. The van der Waals surface area contributed by atoms with Crippen LogP contribution in [0, 0.1) is 11.6 Å². The minimum atomic E-state index is -0.939. The van der Waals surface area contributed by atoms with Gasteiger partial charge in [-0.15, -0.1) is 11.8 Å². The smallest absolute Gasteiger partial charge is 0.160 e. The van der Waals surface area contributed by atoms with Gasteiger partial charge in [-0.25, -0.2) is 8.78 Å². The molecule has 0 nitrogen and oxygen atoms in total. The van der Waals surface area contributed by atoms with E-state index in [0.717, 1.165) is 22.6 Å². The van der Waals surface area contributed by atoms with Gasteiger partial charge in [-0.3, -0.25) is 0 Å². The predicted octanol–water partition coefficient (Wildman–Crippen LogP) is 5.82. The average Bonchev–Trinajstić information content (AvgIpc) is 2.42. The van der Waals surface area contributed by atoms with Gasteiger partial charge < -0.3 is 0 Å². The molecule has 0 aromatic heterocycles. The zero-order valence-electron chi connectivity index (χ0n) is 9.96. The fourth-order valence-electron chi connectivity index (χ4n) is 1.68. The van der Waals surface area contributed by atoms with Crippen molar-refractivity contribution in [2.75, 3.05) is 6.26 Å². The van der Waals surface area contributed by atoms with Crippen LogP contribution in [0.1, 0.15) is 16.0 Å². The summed E-state index contributed by atoms with van der Waals surface area (Å²) in [6.45, 7) is 0. The Hall–Kier alpha value is -0.580. The highest BCUT2D eigenvalue weighted by molar-refractivity contribution is 9.09. The molecule has 2 rings (SSSR count). The Morgan fingerprint density at radius 2 is 1.68 bits per heavy atom. The van der Waals surface area contributed by atoms with Gasteiger partial charge in [-0.1, -0.05) is 39.7 Å². The topological polar surface area (TPSA) is 0 Å². The van der Waals surface area contributed by atoms with Crippen LogP contribution in [0.15, 0.2) is 41.3 Å². The minimum absolute atomic E-state index is 0.203. The number of hydrogen-bond acceptors (Lipinski definition) is 1. The SMILES string of the molecule is CSc1ccc(C(Br)c2cc(F)c(F)cc2Cl)cc1. The fraction of sp³-hybridized carbons (Fsp3) is 0.143. The molecule has 0 saturated carbocycles. The maximum Gasteiger partial charge on any atom is 0.160 e. The summed E-state index contributed by atoms with van der Waals surface area (Å²) in [6, 6.07) is 9.94. The predicted molar refractivity (Wildman–Crippen MR) is 80.4 cm³/mol. The highest BCUT2D eigenvalue weighted by atomic mass is 79.9. The average molecular weight is 364 g/mol. The van der Waals surface area contributed by atoms with Gasteiger partial charge in [0.2, 0.25) is 0 Å². The molecule has 1 atom stereocenters. The summed E-state index contributed by atoms with van der Waals surface area (Å²) >= 11 is 11.1. The summed E-state index contributed by atoms with van der Waals surface area (Å²) in [4.78, 5) is 0.867. The lowest BCUT2D eigenvalue weighted by atomic mass is 10.0. The van der Waals surface area contributed by atoms with Gasteiger partial charge in [-0.2, -0.15) is 0 Å². The first-order chi connectivity index (χ1) is 9.02. The first-order valence-electron chi connectivity index (χ1n) is 5.45. The molecular weight excluding hydrogens is 354 g/mol. The zero-order valence-corrected chi connectivity index (χ0v) is 13.1. The van der Waals surface area contributed by atoms with Crippen molar-refractivity contribution < 1.29 is 8.78 Å². The van der Waals surface area contributed by atoms with Crippen molar-refractivity contribution in [3.8, 4) is 0 Å². The third-order valence-corrected chi connectivity index (χ3v) is 4.81. The van der Waals surface area contributed by atoms with Gasteiger partial charge in [0, 0.05) is 9.92 Å². The number of alkyl halides is 1. The molecule has 0 aliphatic carbocycles. The summed E-state index contributed by atoms with van der Waals surface area (Å²) < 4.78 is 26.3. The number of thioether (sulfide) groups is 1. The summed E-state index contributed by atoms with van der Waals surface area (Å²) in [7, 11) is 0. The van der Waals surface area contributed by atoms with Crippen LogP contribution in [0.5, 0.6) is 0 Å². The normalized spacial score (nSPS) is 12.5. The van der Waals surface area contributed by atoms with E-state index in [2.05, 4.69) is 15.9 Å². The molecule has 5 heteroatoms. The van der Waals surface area contributed by atoms with Crippen LogP contribution in [0.3, 0.4) is 0 Å². The van der Waals surface area contributed by atoms with E-state index in [-0.39, 0.29) is 9.85 Å². The highest BCUT2D eigenvalue weighted by Gasteiger charge is 2.17. The summed E-state index contributed by atoms with van der Waals surface area (Å²) in [6.07, 6.45) is 1.99. The Bertz CT molecular complexity index is 587. The van der Waals surface area contributed by atoms with Gasteiger partial charge in [0.05, 0.1) is 4.83 Å². The van der Waals surface area contributed by atoms with Gasteiger partial charge in [-0.05, 0) is 41.6 Å². The number of benzene rings is 2. The van der Waals surface area contributed by atoms with E-state index in [1.165, 1.54) is 0 Å². The maximum atomic E-state index is 13.3. The van der Waals surface area contributed by atoms with E-state index >= 15 is 0 Å². The molecule has 0 N–H and O–H groups in total. The van der Waals surface area contributed by atoms with Gasteiger partial charge >= 0.3 is 0 Å². The zero-order chi connectivity index (χ0) is 14.0.